The largest absolute Gasteiger partial charge is 0.493 e. The molecule has 0 radical (unpaired) electrons. The number of hydrogen-bond acceptors (Lipinski definition) is 5. The lowest BCUT2D eigenvalue weighted by Crippen LogP contribution is -2.43. The van der Waals surface area contributed by atoms with Crippen molar-refractivity contribution in [3.05, 3.63) is 39.8 Å². The first-order valence-electron chi connectivity index (χ1n) is 9.04. The molecule has 6 nitrogen and oxygen atoms in total. The summed E-state index contributed by atoms with van der Waals surface area (Å²) in [7, 11) is 5.07. The SMILES string of the molecule is CCc1cnc(CNC(=NC)NCC(C)(C)c2ccc(OC)c(OC)c2)s1. The van der Waals surface area contributed by atoms with Gasteiger partial charge >= 0.3 is 0 Å². The molecule has 27 heavy (non-hydrogen) atoms. The van der Waals surface area contributed by atoms with Crippen LogP contribution >= 0.6 is 11.3 Å². The van der Waals surface area contributed by atoms with E-state index in [0.717, 1.165) is 41.0 Å². The van der Waals surface area contributed by atoms with Gasteiger partial charge < -0.3 is 20.1 Å². The average Bonchev–Trinajstić information content (AvgIpc) is 3.15. The normalized spacial score (nSPS) is 12.0. The highest BCUT2D eigenvalue weighted by Crippen LogP contribution is 2.32. The quantitative estimate of drug-likeness (QED) is 0.534. The number of nitrogens with zero attached hydrogens (tertiary/aromatic N) is 2. The maximum Gasteiger partial charge on any atom is 0.191 e. The summed E-state index contributed by atoms with van der Waals surface area (Å²) in [5.74, 6) is 2.23. The Morgan fingerprint density at radius 2 is 1.93 bits per heavy atom. The van der Waals surface area contributed by atoms with Gasteiger partial charge in [0.15, 0.2) is 17.5 Å². The molecule has 0 aliphatic rings. The van der Waals surface area contributed by atoms with Crippen LogP contribution in [-0.4, -0.2) is 38.8 Å². The fourth-order valence-corrected chi connectivity index (χ4v) is 3.44. The van der Waals surface area contributed by atoms with E-state index in [2.05, 4.69) is 47.4 Å². The first-order chi connectivity index (χ1) is 12.9. The van der Waals surface area contributed by atoms with Gasteiger partial charge in [0.25, 0.3) is 0 Å². The molecule has 2 rings (SSSR count). The Balaban J connectivity index is 1.97. The molecule has 0 fully saturated rings. The Morgan fingerprint density at radius 1 is 1.19 bits per heavy atom. The molecule has 0 saturated carbocycles. The predicted octanol–water partition coefficient (Wildman–Crippen LogP) is 3.37. The number of rotatable bonds is 8. The zero-order valence-electron chi connectivity index (χ0n) is 17.0. The molecule has 0 amide bonds. The monoisotopic (exact) mass is 390 g/mol. The molecule has 0 atom stereocenters. The molecule has 2 aromatic rings. The van der Waals surface area contributed by atoms with Crippen molar-refractivity contribution in [1.29, 1.82) is 0 Å². The number of aliphatic imine (C=N–C) groups is 1. The number of thiazole rings is 1. The Kier molecular flexibility index (Phi) is 7.47. The van der Waals surface area contributed by atoms with Crippen LogP contribution < -0.4 is 20.1 Å². The van der Waals surface area contributed by atoms with E-state index in [1.54, 1.807) is 32.6 Å². The lowest BCUT2D eigenvalue weighted by atomic mass is 9.84. The van der Waals surface area contributed by atoms with E-state index in [-0.39, 0.29) is 5.41 Å². The molecule has 0 bridgehead atoms. The fraction of sp³-hybridized carbons (Fsp3) is 0.500. The van der Waals surface area contributed by atoms with Crippen molar-refractivity contribution in [2.75, 3.05) is 27.8 Å². The van der Waals surface area contributed by atoms with Crippen molar-refractivity contribution in [3.8, 4) is 11.5 Å². The van der Waals surface area contributed by atoms with Gasteiger partial charge in [0.2, 0.25) is 0 Å². The Hall–Kier alpha value is -2.28. The van der Waals surface area contributed by atoms with Crippen molar-refractivity contribution in [3.63, 3.8) is 0 Å². The third kappa shape index (κ3) is 5.60. The van der Waals surface area contributed by atoms with Gasteiger partial charge in [-0.05, 0) is 24.1 Å². The summed E-state index contributed by atoms with van der Waals surface area (Å²) in [6, 6.07) is 6.04. The first-order valence-corrected chi connectivity index (χ1v) is 9.85. The Labute approximate surface area is 166 Å². The molecule has 0 spiro atoms. The second kappa shape index (κ2) is 9.60. The number of ether oxygens (including phenoxy) is 2. The van der Waals surface area contributed by atoms with Crippen LogP contribution in [0.25, 0.3) is 0 Å². The third-order valence-electron chi connectivity index (χ3n) is 4.44. The molecular formula is C20H30N4O2S. The average molecular weight is 391 g/mol. The summed E-state index contributed by atoms with van der Waals surface area (Å²) in [6.07, 6.45) is 2.96. The van der Waals surface area contributed by atoms with Gasteiger partial charge in [-0.15, -0.1) is 11.3 Å². The fourth-order valence-electron chi connectivity index (χ4n) is 2.64. The maximum atomic E-state index is 5.43. The van der Waals surface area contributed by atoms with Crippen LogP contribution in [0.5, 0.6) is 11.5 Å². The summed E-state index contributed by atoms with van der Waals surface area (Å²) >= 11 is 1.73. The highest BCUT2D eigenvalue weighted by atomic mass is 32.1. The summed E-state index contributed by atoms with van der Waals surface area (Å²) in [5.41, 5.74) is 1.05. The topological polar surface area (TPSA) is 67.8 Å². The zero-order chi connectivity index (χ0) is 19.9. The number of aryl methyl sites for hydroxylation is 1. The number of benzene rings is 1. The van der Waals surface area contributed by atoms with Crippen LogP contribution in [0.2, 0.25) is 0 Å². The molecule has 7 heteroatoms. The molecule has 2 N–H and O–H groups in total. The van der Waals surface area contributed by atoms with Crippen molar-refractivity contribution in [1.82, 2.24) is 15.6 Å². The van der Waals surface area contributed by atoms with Crippen molar-refractivity contribution >= 4 is 17.3 Å². The van der Waals surface area contributed by atoms with Crippen molar-refractivity contribution < 1.29 is 9.47 Å². The third-order valence-corrected chi connectivity index (χ3v) is 5.59. The van der Waals surface area contributed by atoms with Gasteiger partial charge in [0, 0.05) is 30.1 Å². The summed E-state index contributed by atoms with van der Waals surface area (Å²) < 4.78 is 10.8. The van der Waals surface area contributed by atoms with Gasteiger partial charge in [0.05, 0.1) is 20.8 Å². The maximum absolute atomic E-state index is 5.43. The first kappa shape index (κ1) is 21.0. The van der Waals surface area contributed by atoms with E-state index in [0.29, 0.717) is 6.54 Å². The highest BCUT2D eigenvalue weighted by Gasteiger charge is 2.22. The second-order valence-corrected chi connectivity index (χ2v) is 8.01. The van der Waals surface area contributed by atoms with E-state index < -0.39 is 0 Å². The predicted molar refractivity (Wildman–Crippen MR) is 112 cm³/mol. The number of hydrogen-bond donors (Lipinski definition) is 2. The van der Waals surface area contributed by atoms with Crippen molar-refractivity contribution in [2.45, 2.75) is 39.2 Å². The number of guanidine groups is 1. The summed E-state index contributed by atoms with van der Waals surface area (Å²) in [6.45, 7) is 7.90. The Bertz CT molecular complexity index is 771. The molecule has 1 heterocycles. The van der Waals surface area contributed by atoms with Gasteiger partial charge in [0.1, 0.15) is 5.01 Å². The summed E-state index contributed by atoms with van der Waals surface area (Å²) in [4.78, 5) is 10.0. The van der Waals surface area contributed by atoms with E-state index in [9.17, 15) is 0 Å². The molecule has 1 aromatic heterocycles. The van der Waals surface area contributed by atoms with Gasteiger partial charge in [-0.3, -0.25) is 4.99 Å². The van der Waals surface area contributed by atoms with Crippen LogP contribution in [0.3, 0.4) is 0 Å². The zero-order valence-corrected chi connectivity index (χ0v) is 17.9. The smallest absolute Gasteiger partial charge is 0.191 e. The number of aromatic nitrogens is 1. The lowest BCUT2D eigenvalue weighted by Gasteiger charge is -2.27. The minimum Gasteiger partial charge on any atom is -0.493 e. The standard InChI is InChI=1S/C20H30N4O2S/c1-7-15-11-22-18(27-15)12-23-19(21-4)24-13-20(2,3)14-8-9-16(25-5)17(10-14)26-6/h8-11H,7,12-13H2,1-6H3,(H2,21,23,24). The van der Waals surface area contributed by atoms with Crippen molar-refractivity contribution in [2.24, 2.45) is 4.99 Å². The molecule has 1 aromatic carbocycles. The van der Waals surface area contributed by atoms with Crippen LogP contribution in [0, 0.1) is 0 Å². The Morgan fingerprint density at radius 3 is 2.52 bits per heavy atom. The van der Waals surface area contributed by atoms with Crippen LogP contribution in [0.1, 0.15) is 36.2 Å². The van der Waals surface area contributed by atoms with E-state index >= 15 is 0 Å². The molecule has 148 valence electrons. The molecule has 0 aliphatic carbocycles. The minimum atomic E-state index is -0.117. The molecule has 0 saturated heterocycles. The van der Waals surface area contributed by atoms with E-state index in [4.69, 9.17) is 9.47 Å². The van der Waals surface area contributed by atoms with Gasteiger partial charge in [-0.1, -0.05) is 26.8 Å². The van der Waals surface area contributed by atoms with Gasteiger partial charge in [-0.25, -0.2) is 4.98 Å². The number of nitrogens with one attached hydrogen (secondary N) is 2. The highest BCUT2D eigenvalue weighted by molar-refractivity contribution is 7.11. The summed E-state index contributed by atoms with van der Waals surface area (Å²) in [5, 5.41) is 7.80. The minimum absolute atomic E-state index is 0.117. The molecular weight excluding hydrogens is 360 g/mol. The second-order valence-electron chi connectivity index (χ2n) is 6.81. The van der Waals surface area contributed by atoms with E-state index in [1.807, 2.05) is 18.3 Å². The lowest BCUT2D eigenvalue weighted by molar-refractivity contribution is 0.353. The van der Waals surface area contributed by atoms with E-state index in [1.165, 1.54) is 4.88 Å². The van der Waals surface area contributed by atoms with Gasteiger partial charge in [-0.2, -0.15) is 0 Å². The molecule has 0 aliphatic heterocycles. The van der Waals surface area contributed by atoms with Crippen LogP contribution in [-0.2, 0) is 18.4 Å². The number of methoxy groups -OCH3 is 2. The van der Waals surface area contributed by atoms with Crippen LogP contribution in [0.15, 0.2) is 29.4 Å². The molecule has 0 unspecified atom stereocenters. The van der Waals surface area contributed by atoms with Crippen LogP contribution in [0.4, 0.5) is 0 Å².